The lowest BCUT2D eigenvalue weighted by Gasteiger charge is -2.20. The van der Waals surface area contributed by atoms with Crippen molar-refractivity contribution in [1.82, 2.24) is 10.6 Å². The van der Waals surface area contributed by atoms with Crippen molar-refractivity contribution in [1.29, 1.82) is 0 Å². The molecule has 0 heterocycles. The summed E-state index contributed by atoms with van der Waals surface area (Å²) in [5.41, 5.74) is 0.606. The third-order valence-electron chi connectivity index (χ3n) is 3.04. The van der Waals surface area contributed by atoms with Crippen LogP contribution in [0, 0.1) is 11.7 Å². The Hall–Kier alpha value is -1.10. The number of nitrogens with zero attached hydrogens (tertiary/aromatic N) is 1. The molecular formula is C14H21BrFN3. The molecule has 0 aliphatic carbocycles. The predicted molar refractivity (Wildman–Crippen MR) is 81.7 cm³/mol. The topological polar surface area (TPSA) is 36.4 Å². The van der Waals surface area contributed by atoms with E-state index < -0.39 is 0 Å². The lowest BCUT2D eigenvalue weighted by molar-refractivity contribution is 0.480. The van der Waals surface area contributed by atoms with Gasteiger partial charge in [0.05, 0.1) is 0 Å². The maximum atomic E-state index is 13.6. The van der Waals surface area contributed by atoms with Gasteiger partial charge in [-0.3, -0.25) is 4.99 Å². The molecule has 106 valence electrons. The quantitative estimate of drug-likeness (QED) is 0.656. The summed E-state index contributed by atoms with van der Waals surface area (Å²) in [4.78, 5) is 4.14. The van der Waals surface area contributed by atoms with Crippen molar-refractivity contribution in [2.45, 2.75) is 33.4 Å². The van der Waals surface area contributed by atoms with Crippen molar-refractivity contribution in [2.75, 3.05) is 7.05 Å². The van der Waals surface area contributed by atoms with E-state index in [0.717, 1.165) is 4.47 Å². The Morgan fingerprint density at radius 2 is 2.05 bits per heavy atom. The van der Waals surface area contributed by atoms with E-state index in [1.807, 2.05) is 0 Å². The van der Waals surface area contributed by atoms with E-state index in [9.17, 15) is 4.39 Å². The molecule has 0 bridgehead atoms. The van der Waals surface area contributed by atoms with E-state index in [0.29, 0.717) is 30.0 Å². The van der Waals surface area contributed by atoms with Gasteiger partial charge in [-0.25, -0.2) is 4.39 Å². The van der Waals surface area contributed by atoms with Crippen molar-refractivity contribution < 1.29 is 4.39 Å². The van der Waals surface area contributed by atoms with Crippen LogP contribution in [0.4, 0.5) is 4.39 Å². The molecule has 0 aliphatic heterocycles. The highest BCUT2D eigenvalue weighted by Crippen LogP contribution is 2.15. The molecule has 1 rings (SSSR count). The zero-order valence-electron chi connectivity index (χ0n) is 11.8. The van der Waals surface area contributed by atoms with Crippen LogP contribution >= 0.6 is 15.9 Å². The molecule has 1 unspecified atom stereocenters. The zero-order chi connectivity index (χ0) is 14.4. The van der Waals surface area contributed by atoms with Crippen molar-refractivity contribution >= 4 is 21.9 Å². The second-order valence-corrected chi connectivity index (χ2v) is 5.75. The molecule has 3 nitrogen and oxygen atoms in total. The second kappa shape index (κ2) is 7.48. The second-order valence-electron chi connectivity index (χ2n) is 4.84. The highest BCUT2D eigenvalue weighted by atomic mass is 79.9. The summed E-state index contributed by atoms with van der Waals surface area (Å²) in [5, 5.41) is 6.39. The molecule has 0 aliphatic rings. The van der Waals surface area contributed by atoms with E-state index in [1.54, 1.807) is 19.2 Å². The maximum absolute atomic E-state index is 13.6. The van der Waals surface area contributed by atoms with E-state index in [-0.39, 0.29) is 5.82 Å². The third kappa shape index (κ3) is 5.19. The number of nitrogens with one attached hydrogen (secondary N) is 2. The lowest BCUT2D eigenvalue weighted by Crippen LogP contribution is -2.43. The minimum absolute atomic E-state index is 0.219. The summed E-state index contributed by atoms with van der Waals surface area (Å²) in [7, 11) is 1.71. The van der Waals surface area contributed by atoms with Crippen LogP contribution in [0.2, 0.25) is 0 Å². The molecule has 0 amide bonds. The number of halogens is 2. The van der Waals surface area contributed by atoms with Crippen LogP contribution in [-0.2, 0) is 6.54 Å². The van der Waals surface area contributed by atoms with Gasteiger partial charge in [-0.15, -0.1) is 0 Å². The Labute approximate surface area is 122 Å². The van der Waals surface area contributed by atoms with Crippen LogP contribution in [0.25, 0.3) is 0 Å². The Balaban J connectivity index is 2.61. The average molecular weight is 330 g/mol. The van der Waals surface area contributed by atoms with E-state index in [1.165, 1.54) is 6.07 Å². The van der Waals surface area contributed by atoms with E-state index in [4.69, 9.17) is 0 Å². The monoisotopic (exact) mass is 329 g/mol. The first-order chi connectivity index (χ1) is 8.93. The largest absolute Gasteiger partial charge is 0.354 e. The number of guanidine groups is 1. The molecule has 0 spiro atoms. The molecule has 2 N–H and O–H groups in total. The summed E-state index contributed by atoms with van der Waals surface area (Å²) in [5.74, 6) is 0.963. The first kappa shape index (κ1) is 16.0. The fourth-order valence-corrected chi connectivity index (χ4v) is 1.84. The number of hydrogen-bond donors (Lipinski definition) is 2. The maximum Gasteiger partial charge on any atom is 0.191 e. The highest BCUT2D eigenvalue weighted by molar-refractivity contribution is 9.10. The molecule has 1 atom stereocenters. The summed E-state index contributed by atoms with van der Waals surface area (Å²) in [6.07, 6.45) is 0. The molecule has 0 aromatic heterocycles. The molecule has 5 heteroatoms. The van der Waals surface area contributed by atoms with Crippen LogP contribution in [0.1, 0.15) is 26.3 Å². The first-order valence-corrected chi connectivity index (χ1v) is 7.14. The number of aliphatic imine (C=N–C) groups is 1. The van der Waals surface area contributed by atoms with Gasteiger partial charge in [-0.05, 0) is 31.0 Å². The molecule has 0 saturated carbocycles. The summed E-state index contributed by atoms with van der Waals surface area (Å²) in [6, 6.07) is 5.21. The Morgan fingerprint density at radius 1 is 1.37 bits per heavy atom. The fourth-order valence-electron chi connectivity index (χ4n) is 1.43. The SMILES string of the molecule is CN=C(NCc1cc(Br)ccc1F)NC(C)C(C)C. The smallest absolute Gasteiger partial charge is 0.191 e. The van der Waals surface area contributed by atoms with Gasteiger partial charge < -0.3 is 10.6 Å². The molecule has 0 fully saturated rings. The number of hydrogen-bond acceptors (Lipinski definition) is 1. The molecule has 1 aromatic carbocycles. The van der Waals surface area contributed by atoms with Gasteiger partial charge in [-0.2, -0.15) is 0 Å². The fraction of sp³-hybridized carbons (Fsp3) is 0.500. The Morgan fingerprint density at radius 3 is 2.63 bits per heavy atom. The van der Waals surface area contributed by atoms with Crippen molar-refractivity contribution in [3.05, 3.63) is 34.1 Å². The minimum Gasteiger partial charge on any atom is -0.354 e. The van der Waals surface area contributed by atoms with Gasteiger partial charge >= 0.3 is 0 Å². The Bertz CT molecular complexity index is 446. The van der Waals surface area contributed by atoms with Crippen LogP contribution in [0.5, 0.6) is 0 Å². The van der Waals surface area contributed by atoms with Crippen molar-refractivity contribution in [3.8, 4) is 0 Å². The molecular weight excluding hydrogens is 309 g/mol. The third-order valence-corrected chi connectivity index (χ3v) is 3.54. The van der Waals surface area contributed by atoms with Gasteiger partial charge in [0.25, 0.3) is 0 Å². The standard InChI is InChI=1S/C14H21BrFN3/c1-9(2)10(3)19-14(17-4)18-8-11-7-12(15)5-6-13(11)16/h5-7,9-10H,8H2,1-4H3,(H2,17,18,19). The van der Waals surface area contributed by atoms with Crippen molar-refractivity contribution in [3.63, 3.8) is 0 Å². The highest BCUT2D eigenvalue weighted by Gasteiger charge is 2.09. The zero-order valence-corrected chi connectivity index (χ0v) is 13.4. The first-order valence-electron chi connectivity index (χ1n) is 6.35. The van der Waals surface area contributed by atoms with Gasteiger partial charge in [0.1, 0.15) is 5.82 Å². The van der Waals surface area contributed by atoms with Crippen molar-refractivity contribution in [2.24, 2.45) is 10.9 Å². The number of rotatable bonds is 4. The average Bonchev–Trinajstić information content (AvgIpc) is 2.37. The van der Waals surface area contributed by atoms with Gasteiger partial charge in [0.15, 0.2) is 5.96 Å². The summed E-state index contributed by atoms with van der Waals surface area (Å²) in [6.45, 7) is 6.77. The summed E-state index contributed by atoms with van der Waals surface area (Å²) >= 11 is 3.34. The van der Waals surface area contributed by atoms with E-state index in [2.05, 4.69) is 52.3 Å². The van der Waals surface area contributed by atoms with Gasteiger partial charge in [0, 0.05) is 29.7 Å². The minimum atomic E-state index is -0.219. The van der Waals surface area contributed by atoms with Gasteiger partial charge in [-0.1, -0.05) is 29.8 Å². The van der Waals surface area contributed by atoms with Gasteiger partial charge in [0.2, 0.25) is 0 Å². The summed E-state index contributed by atoms with van der Waals surface area (Å²) < 4.78 is 14.5. The van der Waals surface area contributed by atoms with E-state index >= 15 is 0 Å². The van der Waals surface area contributed by atoms with Crippen LogP contribution in [0.3, 0.4) is 0 Å². The molecule has 0 saturated heterocycles. The molecule has 0 radical (unpaired) electrons. The molecule has 19 heavy (non-hydrogen) atoms. The van der Waals surface area contributed by atoms with Crippen LogP contribution < -0.4 is 10.6 Å². The van der Waals surface area contributed by atoms with Crippen LogP contribution in [0.15, 0.2) is 27.7 Å². The molecule has 1 aromatic rings. The number of benzene rings is 1. The van der Waals surface area contributed by atoms with Crippen LogP contribution in [-0.4, -0.2) is 19.0 Å². The normalized spacial score (nSPS) is 13.5. The predicted octanol–water partition coefficient (Wildman–Crippen LogP) is 3.30. The Kier molecular flexibility index (Phi) is 6.28. The lowest BCUT2D eigenvalue weighted by atomic mass is 10.1.